The van der Waals surface area contributed by atoms with Crippen molar-refractivity contribution in [1.82, 2.24) is 0 Å². The third-order valence-corrected chi connectivity index (χ3v) is 5.32. The van der Waals surface area contributed by atoms with Gasteiger partial charge in [0.15, 0.2) is 11.5 Å². The van der Waals surface area contributed by atoms with Crippen LogP contribution in [0.1, 0.15) is 17.0 Å². The molecule has 0 fully saturated rings. The van der Waals surface area contributed by atoms with Crippen molar-refractivity contribution in [1.29, 1.82) is 5.26 Å². The van der Waals surface area contributed by atoms with Crippen LogP contribution >= 0.6 is 15.9 Å². The summed E-state index contributed by atoms with van der Waals surface area (Å²) in [6.07, 6.45) is 0. The Morgan fingerprint density at radius 3 is 2.74 bits per heavy atom. The van der Waals surface area contributed by atoms with Gasteiger partial charge < -0.3 is 20.3 Å². The largest absolute Gasteiger partial charge is 0.503 e. The molecule has 134 valence electrons. The highest BCUT2D eigenvalue weighted by Gasteiger charge is 2.32. The second-order valence-electron chi connectivity index (χ2n) is 6.18. The molecule has 6 heteroatoms. The van der Waals surface area contributed by atoms with Crippen LogP contribution in [-0.4, -0.2) is 12.2 Å². The van der Waals surface area contributed by atoms with E-state index in [9.17, 15) is 10.4 Å². The highest BCUT2D eigenvalue weighted by atomic mass is 79.9. The molecule has 1 heterocycles. The Morgan fingerprint density at radius 2 is 2.00 bits per heavy atom. The van der Waals surface area contributed by atoms with Crippen LogP contribution in [0.5, 0.6) is 17.2 Å². The van der Waals surface area contributed by atoms with Gasteiger partial charge in [0.25, 0.3) is 0 Å². The van der Waals surface area contributed by atoms with E-state index in [0.717, 1.165) is 21.9 Å². The summed E-state index contributed by atoms with van der Waals surface area (Å²) < 4.78 is 11.6. The van der Waals surface area contributed by atoms with Crippen LogP contribution in [0.15, 0.2) is 64.5 Å². The molecule has 3 N–H and O–H groups in total. The van der Waals surface area contributed by atoms with Gasteiger partial charge in [-0.05, 0) is 39.0 Å². The predicted molar refractivity (Wildman–Crippen MR) is 106 cm³/mol. The van der Waals surface area contributed by atoms with Gasteiger partial charge in [-0.3, -0.25) is 0 Å². The summed E-state index contributed by atoms with van der Waals surface area (Å²) in [7, 11) is 1.48. The molecule has 0 bridgehead atoms. The Hall–Kier alpha value is -3.17. The molecule has 1 aliphatic heterocycles. The highest BCUT2D eigenvalue weighted by molar-refractivity contribution is 9.10. The van der Waals surface area contributed by atoms with Gasteiger partial charge in [-0.2, -0.15) is 5.26 Å². The van der Waals surface area contributed by atoms with E-state index in [2.05, 4.69) is 22.0 Å². The Morgan fingerprint density at radius 1 is 1.22 bits per heavy atom. The number of fused-ring (bicyclic) bond motifs is 3. The second kappa shape index (κ2) is 6.53. The number of allylic oxidation sites excluding steroid dienone is 1. The van der Waals surface area contributed by atoms with Crippen molar-refractivity contribution < 1.29 is 14.6 Å². The number of hydrogen-bond acceptors (Lipinski definition) is 5. The average Bonchev–Trinajstić information content (AvgIpc) is 2.68. The molecular weight excluding hydrogens is 408 g/mol. The standard InChI is InChI=1S/C21H15BrN2O3/c1-26-17-9-12(8-16(22)19(17)25)18-14-7-6-11-4-2-3-5-13(11)20(14)27-21(24)15(18)10-23/h2-9,18,25H,24H2,1H3/t18-/m1/s1. The van der Waals surface area contributed by atoms with E-state index >= 15 is 0 Å². The van der Waals surface area contributed by atoms with Gasteiger partial charge in [0.2, 0.25) is 5.88 Å². The maximum absolute atomic E-state index is 10.1. The summed E-state index contributed by atoms with van der Waals surface area (Å²) in [5.74, 6) is 0.591. The highest BCUT2D eigenvalue weighted by Crippen LogP contribution is 2.47. The Labute approximate surface area is 164 Å². The normalized spacial score (nSPS) is 15.8. The van der Waals surface area contributed by atoms with Gasteiger partial charge in [0, 0.05) is 10.9 Å². The maximum Gasteiger partial charge on any atom is 0.205 e. The average molecular weight is 423 g/mol. The van der Waals surface area contributed by atoms with E-state index in [4.69, 9.17) is 15.2 Å². The minimum Gasteiger partial charge on any atom is -0.503 e. The lowest BCUT2D eigenvalue weighted by atomic mass is 9.82. The molecule has 5 nitrogen and oxygen atoms in total. The second-order valence-corrected chi connectivity index (χ2v) is 7.04. The molecule has 0 spiro atoms. The van der Waals surface area contributed by atoms with Crippen LogP contribution < -0.4 is 15.2 Å². The number of nitriles is 1. The lowest BCUT2D eigenvalue weighted by Crippen LogP contribution is -2.21. The SMILES string of the molecule is COc1cc([C@H]2C(C#N)=C(N)Oc3c2ccc2ccccc32)cc(Br)c1O. The third-order valence-electron chi connectivity index (χ3n) is 4.71. The van der Waals surface area contributed by atoms with Gasteiger partial charge in [-0.25, -0.2) is 0 Å². The molecule has 3 aromatic rings. The van der Waals surface area contributed by atoms with Crippen LogP contribution in [0.4, 0.5) is 0 Å². The predicted octanol–water partition coefficient (Wildman–Crippen LogP) is 4.53. The number of aromatic hydroxyl groups is 1. The number of methoxy groups -OCH3 is 1. The minimum atomic E-state index is -0.436. The fraction of sp³-hybridized carbons (Fsp3) is 0.0952. The summed E-state index contributed by atoms with van der Waals surface area (Å²) in [5.41, 5.74) is 8.01. The van der Waals surface area contributed by atoms with Crippen molar-refractivity contribution in [2.75, 3.05) is 7.11 Å². The monoisotopic (exact) mass is 422 g/mol. The van der Waals surface area contributed by atoms with Crippen LogP contribution in [0, 0.1) is 11.3 Å². The van der Waals surface area contributed by atoms with E-state index < -0.39 is 5.92 Å². The summed E-state index contributed by atoms with van der Waals surface area (Å²) in [6, 6.07) is 17.4. The van der Waals surface area contributed by atoms with Crippen molar-refractivity contribution in [2.24, 2.45) is 5.73 Å². The number of phenols is 1. The quantitative estimate of drug-likeness (QED) is 0.632. The lowest BCUT2D eigenvalue weighted by molar-refractivity contribution is 0.370. The summed E-state index contributed by atoms with van der Waals surface area (Å²) in [5, 5.41) is 21.8. The first-order valence-corrected chi connectivity index (χ1v) is 9.00. The first kappa shape index (κ1) is 17.3. The topological polar surface area (TPSA) is 88.5 Å². The lowest BCUT2D eigenvalue weighted by Gasteiger charge is -2.28. The molecular formula is C21H15BrN2O3. The van der Waals surface area contributed by atoms with Gasteiger partial charge in [0.1, 0.15) is 17.4 Å². The fourth-order valence-corrected chi connectivity index (χ4v) is 3.91. The van der Waals surface area contributed by atoms with Crippen LogP contribution in [0.2, 0.25) is 0 Å². The first-order chi connectivity index (χ1) is 13.0. The molecule has 0 aliphatic carbocycles. The van der Waals surface area contributed by atoms with Crippen LogP contribution in [0.3, 0.4) is 0 Å². The van der Waals surface area contributed by atoms with Crippen LogP contribution in [0.25, 0.3) is 10.8 Å². The Kier molecular flexibility index (Phi) is 4.17. The minimum absolute atomic E-state index is 0.00232. The molecule has 4 rings (SSSR count). The molecule has 0 unspecified atom stereocenters. The number of rotatable bonds is 2. The zero-order chi connectivity index (χ0) is 19.1. The zero-order valence-corrected chi connectivity index (χ0v) is 15.9. The number of benzene rings is 3. The number of phenolic OH excluding ortho intramolecular Hbond substituents is 1. The molecule has 0 saturated heterocycles. The summed E-state index contributed by atoms with van der Waals surface area (Å²) in [6.45, 7) is 0. The molecule has 0 amide bonds. The molecule has 3 aromatic carbocycles. The molecule has 1 atom stereocenters. The summed E-state index contributed by atoms with van der Waals surface area (Å²) in [4.78, 5) is 0. The number of nitrogens with zero attached hydrogens (tertiary/aromatic N) is 1. The van der Waals surface area contributed by atoms with Crippen molar-refractivity contribution in [3.8, 4) is 23.3 Å². The number of hydrogen-bond donors (Lipinski definition) is 2. The molecule has 0 radical (unpaired) electrons. The van der Waals surface area contributed by atoms with Crippen molar-refractivity contribution >= 4 is 26.7 Å². The maximum atomic E-state index is 10.1. The number of ether oxygens (including phenoxy) is 2. The Balaban J connectivity index is 2.02. The Bertz CT molecular complexity index is 1150. The van der Waals surface area contributed by atoms with Gasteiger partial charge in [0.05, 0.1) is 17.5 Å². The van der Waals surface area contributed by atoms with Crippen molar-refractivity contribution in [2.45, 2.75) is 5.92 Å². The molecule has 1 aliphatic rings. The van der Waals surface area contributed by atoms with Crippen molar-refractivity contribution in [3.05, 3.63) is 75.6 Å². The van der Waals surface area contributed by atoms with E-state index in [1.54, 1.807) is 12.1 Å². The molecule has 0 aromatic heterocycles. The first-order valence-electron chi connectivity index (χ1n) is 8.20. The number of halogens is 1. The van der Waals surface area contributed by atoms with E-state index in [0.29, 0.717) is 21.5 Å². The van der Waals surface area contributed by atoms with Gasteiger partial charge in [-0.1, -0.05) is 36.4 Å². The zero-order valence-electron chi connectivity index (χ0n) is 14.4. The fourth-order valence-electron chi connectivity index (χ4n) is 3.45. The van der Waals surface area contributed by atoms with Crippen molar-refractivity contribution in [3.63, 3.8) is 0 Å². The van der Waals surface area contributed by atoms with Gasteiger partial charge in [-0.15, -0.1) is 0 Å². The molecule has 0 saturated carbocycles. The van der Waals surface area contributed by atoms with E-state index in [-0.39, 0.29) is 11.6 Å². The smallest absolute Gasteiger partial charge is 0.205 e. The summed E-state index contributed by atoms with van der Waals surface area (Å²) >= 11 is 3.35. The van der Waals surface area contributed by atoms with E-state index in [1.807, 2.05) is 36.4 Å². The van der Waals surface area contributed by atoms with Crippen LogP contribution in [-0.2, 0) is 0 Å². The number of nitrogens with two attached hydrogens (primary N) is 1. The van der Waals surface area contributed by atoms with E-state index in [1.165, 1.54) is 7.11 Å². The van der Waals surface area contributed by atoms with Gasteiger partial charge >= 0.3 is 0 Å². The third kappa shape index (κ3) is 2.68. The molecule has 27 heavy (non-hydrogen) atoms.